The van der Waals surface area contributed by atoms with Crippen LogP contribution in [0.5, 0.6) is 0 Å². The lowest BCUT2D eigenvalue weighted by atomic mass is 10.2. The highest BCUT2D eigenvalue weighted by Crippen LogP contribution is 2.21. The predicted molar refractivity (Wildman–Crippen MR) is 93.0 cm³/mol. The van der Waals surface area contributed by atoms with Crippen molar-refractivity contribution in [3.8, 4) is 0 Å². The van der Waals surface area contributed by atoms with Crippen LogP contribution in [0.25, 0.3) is 10.9 Å². The number of benzene rings is 1. The Balaban J connectivity index is 2.23. The summed E-state index contributed by atoms with van der Waals surface area (Å²) in [7, 11) is -1.16. The molecule has 0 N–H and O–H groups in total. The van der Waals surface area contributed by atoms with E-state index in [1.807, 2.05) is 0 Å². The van der Waals surface area contributed by atoms with Crippen molar-refractivity contribution in [3.63, 3.8) is 0 Å². The first-order valence-corrected chi connectivity index (χ1v) is 9.02. The maximum absolute atomic E-state index is 12.8. The summed E-state index contributed by atoms with van der Waals surface area (Å²) in [6, 6.07) is 10.1. The Bertz CT molecular complexity index is 1110. The van der Waals surface area contributed by atoms with Crippen molar-refractivity contribution >= 4 is 26.9 Å². The Hall–Kier alpha value is -2.87. The van der Waals surface area contributed by atoms with Crippen LogP contribution in [0.4, 0.5) is 0 Å². The number of aryl methyl sites for hydroxylation is 1. The molecule has 0 radical (unpaired) electrons. The predicted octanol–water partition coefficient (Wildman–Crippen LogP) is 1.50. The van der Waals surface area contributed by atoms with Gasteiger partial charge in [-0.1, -0.05) is 30.3 Å². The van der Waals surface area contributed by atoms with Crippen molar-refractivity contribution in [2.24, 2.45) is 7.05 Å². The van der Waals surface area contributed by atoms with Gasteiger partial charge in [-0.25, -0.2) is 17.2 Å². The Kier molecular flexibility index (Phi) is 4.22. The third-order valence-electron chi connectivity index (χ3n) is 3.88. The fourth-order valence-corrected chi connectivity index (χ4v) is 4.14. The van der Waals surface area contributed by atoms with Crippen LogP contribution in [-0.4, -0.2) is 30.0 Å². The molecule has 3 aromatic rings. The lowest BCUT2D eigenvalue weighted by Gasteiger charge is -2.09. The summed E-state index contributed by atoms with van der Waals surface area (Å²) in [5.41, 5.74) is 0.157. The number of hydrogen-bond acceptors (Lipinski definition) is 5. The van der Waals surface area contributed by atoms with Gasteiger partial charge in [-0.2, -0.15) is 0 Å². The van der Waals surface area contributed by atoms with Gasteiger partial charge in [0.25, 0.3) is 5.56 Å². The van der Waals surface area contributed by atoms with Crippen molar-refractivity contribution in [1.29, 1.82) is 0 Å². The fraction of sp³-hybridized carbons (Fsp3) is 0.176. The zero-order chi connectivity index (χ0) is 18.2. The lowest BCUT2D eigenvalue weighted by molar-refractivity contribution is 0.0602. The topological polar surface area (TPSA) is 87.4 Å². The number of methoxy groups -OCH3 is 1. The molecule has 0 amide bonds. The molecule has 0 aliphatic carbocycles. The molecule has 0 bridgehead atoms. The Morgan fingerprint density at radius 2 is 1.84 bits per heavy atom. The van der Waals surface area contributed by atoms with Crippen LogP contribution in [-0.2, 0) is 27.6 Å². The third kappa shape index (κ3) is 2.96. The molecule has 0 aliphatic rings. The largest absolute Gasteiger partial charge is 0.465 e. The molecule has 7 nitrogen and oxygen atoms in total. The number of hydrogen-bond donors (Lipinski definition) is 0. The number of aromatic nitrogens is 2. The van der Waals surface area contributed by atoms with Gasteiger partial charge in [0.1, 0.15) is 5.52 Å². The molecule has 0 aliphatic heterocycles. The first-order chi connectivity index (χ1) is 11.8. The summed E-state index contributed by atoms with van der Waals surface area (Å²) in [4.78, 5) is 24.4. The van der Waals surface area contributed by atoms with E-state index in [2.05, 4.69) is 0 Å². The summed E-state index contributed by atoms with van der Waals surface area (Å²) in [5, 5.41) is 0.242. The van der Waals surface area contributed by atoms with Crippen molar-refractivity contribution in [2.75, 3.05) is 7.11 Å². The fourth-order valence-electron chi connectivity index (χ4n) is 2.69. The first kappa shape index (κ1) is 17.0. The van der Waals surface area contributed by atoms with E-state index in [1.54, 1.807) is 30.3 Å². The molecule has 25 heavy (non-hydrogen) atoms. The molecule has 130 valence electrons. The van der Waals surface area contributed by atoms with Gasteiger partial charge in [0.2, 0.25) is 10.0 Å². The Morgan fingerprint density at radius 3 is 2.48 bits per heavy atom. The van der Waals surface area contributed by atoms with Crippen LogP contribution in [0.3, 0.4) is 0 Å². The van der Waals surface area contributed by atoms with Crippen molar-refractivity contribution in [2.45, 2.75) is 5.75 Å². The second-order valence-corrected chi connectivity index (χ2v) is 7.41. The molecular formula is C17H16N2O5S. The zero-order valence-corrected chi connectivity index (χ0v) is 14.5. The molecule has 0 unspecified atom stereocenters. The van der Waals surface area contributed by atoms with Gasteiger partial charge < -0.3 is 9.30 Å². The smallest absolute Gasteiger partial charge is 0.340 e. The maximum Gasteiger partial charge on any atom is 0.340 e. The van der Waals surface area contributed by atoms with E-state index in [0.717, 1.165) is 3.97 Å². The minimum absolute atomic E-state index is 0.0682. The number of carbonyl (C=O) groups excluding carboxylic acids is 1. The molecule has 1 aromatic carbocycles. The van der Waals surface area contributed by atoms with Crippen LogP contribution in [0.2, 0.25) is 0 Å². The van der Waals surface area contributed by atoms with E-state index in [1.165, 1.54) is 37.2 Å². The quantitative estimate of drug-likeness (QED) is 0.658. The minimum Gasteiger partial charge on any atom is -0.465 e. The number of pyridine rings is 1. The minimum atomic E-state index is -3.83. The van der Waals surface area contributed by atoms with Crippen molar-refractivity contribution < 1.29 is 17.9 Å². The van der Waals surface area contributed by atoms with Gasteiger partial charge in [-0.3, -0.25) is 4.79 Å². The highest BCUT2D eigenvalue weighted by atomic mass is 32.2. The second-order valence-electron chi connectivity index (χ2n) is 5.57. The average molecular weight is 360 g/mol. The number of nitrogens with zero attached hydrogens (tertiary/aromatic N) is 2. The van der Waals surface area contributed by atoms with E-state index in [0.29, 0.717) is 5.56 Å². The number of ether oxygens (including phenoxy) is 1. The Morgan fingerprint density at radius 1 is 1.16 bits per heavy atom. The standard InChI is InChI=1S/C17H16N2O5S/c1-18-10-14(17(21)24-2)13-8-9-19(15(13)16(18)20)25(22,23)11-12-6-4-3-5-7-12/h3-10H,11H2,1-2H3. The normalized spacial score (nSPS) is 11.6. The molecule has 3 rings (SSSR count). The molecule has 0 saturated heterocycles. The van der Waals surface area contributed by atoms with Crippen LogP contribution in [0, 0.1) is 0 Å². The van der Waals surface area contributed by atoms with Crippen LogP contribution in [0.15, 0.2) is 53.6 Å². The molecule has 0 spiro atoms. The van der Waals surface area contributed by atoms with Gasteiger partial charge in [-0.15, -0.1) is 0 Å². The maximum atomic E-state index is 12.8. The van der Waals surface area contributed by atoms with Crippen LogP contribution < -0.4 is 5.56 Å². The van der Waals surface area contributed by atoms with Crippen molar-refractivity contribution in [3.05, 3.63) is 70.3 Å². The molecule has 8 heteroatoms. The zero-order valence-electron chi connectivity index (χ0n) is 13.7. The second kappa shape index (κ2) is 6.21. The number of esters is 1. The van der Waals surface area contributed by atoms with Gasteiger partial charge in [-0.05, 0) is 11.6 Å². The monoisotopic (exact) mass is 360 g/mol. The summed E-state index contributed by atoms with van der Waals surface area (Å²) in [5.74, 6) is -0.901. The van der Waals surface area contributed by atoms with E-state index in [-0.39, 0.29) is 22.2 Å². The molecular weight excluding hydrogens is 344 g/mol. The SMILES string of the molecule is COC(=O)c1cn(C)c(=O)c2c1ccn2S(=O)(=O)Cc1ccccc1. The highest BCUT2D eigenvalue weighted by molar-refractivity contribution is 7.89. The summed E-state index contributed by atoms with van der Waals surface area (Å²) in [6.45, 7) is 0. The Labute approximate surface area is 144 Å². The summed E-state index contributed by atoms with van der Waals surface area (Å²) in [6.07, 6.45) is 2.63. The average Bonchev–Trinajstić information content (AvgIpc) is 3.04. The summed E-state index contributed by atoms with van der Waals surface area (Å²) >= 11 is 0. The third-order valence-corrected chi connectivity index (χ3v) is 5.49. The highest BCUT2D eigenvalue weighted by Gasteiger charge is 2.23. The molecule has 0 atom stereocenters. The van der Waals surface area contributed by atoms with Gasteiger partial charge in [0.15, 0.2) is 0 Å². The number of rotatable bonds is 4. The number of fused-ring (bicyclic) bond motifs is 1. The van der Waals surface area contributed by atoms with Crippen LogP contribution in [0.1, 0.15) is 15.9 Å². The van der Waals surface area contributed by atoms with E-state index in [9.17, 15) is 18.0 Å². The van der Waals surface area contributed by atoms with Crippen molar-refractivity contribution in [1.82, 2.24) is 8.54 Å². The lowest BCUT2D eigenvalue weighted by Crippen LogP contribution is -2.24. The van der Waals surface area contributed by atoms with Gasteiger partial charge >= 0.3 is 5.97 Å². The van der Waals surface area contributed by atoms with E-state index >= 15 is 0 Å². The summed E-state index contributed by atoms with van der Waals surface area (Å²) < 4.78 is 32.4. The number of carbonyl (C=O) groups is 1. The van der Waals surface area contributed by atoms with Crippen LogP contribution >= 0.6 is 0 Å². The first-order valence-electron chi connectivity index (χ1n) is 7.41. The van der Waals surface area contributed by atoms with E-state index in [4.69, 9.17) is 4.74 Å². The molecule has 0 fully saturated rings. The van der Waals surface area contributed by atoms with E-state index < -0.39 is 21.6 Å². The van der Waals surface area contributed by atoms with Gasteiger partial charge in [0.05, 0.1) is 18.4 Å². The molecule has 0 saturated carbocycles. The molecule has 2 aromatic heterocycles. The molecule has 2 heterocycles. The van der Waals surface area contributed by atoms with Gasteiger partial charge in [0, 0.05) is 24.8 Å².